The van der Waals surface area contributed by atoms with Crippen LogP contribution in [0.4, 0.5) is 13.9 Å². The van der Waals surface area contributed by atoms with Gasteiger partial charge in [-0.1, -0.05) is 11.3 Å². The van der Waals surface area contributed by atoms with Crippen molar-refractivity contribution >= 4 is 57.4 Å². The molecule has 1 aromatic carbocycles. The van der Waals surface area contributed by atoms with Gasteiger partial charge in [-0.05, 0) is 31.0 Å². The number of aryl methyl sites for hydroxylation is 1. The number of hydrogen-bond donors (Lipinski definition) is 1. The van der Waals surface area contributed by atoms with E-state index in [1.165, 1.54) is 17.4 Å². The first-order chi connectivity index (χ1) is 11.5. The van der Waals surface area contributed by atoms with Crippen LogP contribution in [0.3, 0.4) is 0 Å². The number of pyridine rings is 1. The molecular formula is C17H15Cl2F2N3OS. The molecule has 4 rings (SSSR count). The quantitative estimate of drug-likeness (QED) is 0.655. The second-order valence-corrected chi connectivity index (χ2v) is 6.89. The number of fused-ring (bicyclic) bond motifs is 1. The summed E-state index contributed by atoms with van der Waals surface area (Å²) < 4.78 is 28.1. The third-order valence-electron chi connectivity index (χ3n) is 4.09. The van der Waals surface area contributed by atoms with Gasteiger partial charge >= 0.3 is 0 Å². The summed E-state index contributed by atoms with van der Waals surface area (Å²) in [7, 11) is 0. The van der Waals surface area contributed by atoms with Crippen LogP contribution in [0.1, 0.15) is 12.0 Å². The fourth-order valence-electron chi connectivity index (χ4n) is 2.59. The second-order valence-electron chi connectivity index (χ2n) is 5.86. The molecule has 0 spiro atoms. The van der Waals surface area contributed by atoms with Crippen molar-refractivity contribution in [1.82, 2.24) is 9.97 Å². The fourth-order valence-corrected chi connectivity index (χ4v) is 3.48. The number of nitrogens with one attached hydrogen (secondary N) is 1. The van der Waals surface area contributed by atoms with Crippen molar-refractivity contribution in [2.24, 2.45) is 5.92 Å². The van der Waals surface area contributed by atoms with Crippen LogP contribution >= 0.6 is 36.2 Å². The molecule has 0 saturated heterocycles. The van der Waals surface area contributed by atoms with E-state index in [1.807, 2.05) is 13.0 Å². The average molecular weight is 418 g/mol. The van der Waals surface area contributed by atoms with Crippen molar-refractivity contribution in [1.29, 1.82) is 0 Å². The molecule has 26 heavy (non-hydrogen) atoms. The van der Waals surface area contributed by atoms with Crippen molar-refractivity contribution in [3.05, 3.63) is 42.0 Å². The molecule has 1 N–H and O–H groups in total. The Labute approximate surface area is 164 Å². The van der Waals surface area contributed by atoms with Gasteiger partial charge < -0.3 is 5.32 Å². The molecule has 0 aliphatic heterocycles. The molecule has 1 amide bonds. The van der Waals surface area contributed by atoms with Gasteiger partial charge in [0.1, 0.15) is 12.0 Å². The van der Waals surface area contributed by atoms with E-state index in [1.54, 1.807) is 18.5 Å². The lowest BCUT2D eigenvalue weighted by Crippen LogP contribution is -2.14. The Morgan fingerprint density at radius 1 is 1.31 bits per heavy atom. The molecule has 0 unspecified atom stereocenters. The van der Waals surface area contributed by atoms with Crippen molar-refractivity contribution in [3.8, 4) is 11.1 Å². The van der Waals surface area contributed by atoms with Gasteiger partial charge in [0.15, 0.2) is 5.13 Å². The maximum Gasteiger partial charge on any atom is 0.232 e. The summed E-state index contributed by atoms with van der Waals surface area (Å²) in [6, 6.07) is 4.87. The van der Waals surface area contributed by atoms with Gasteiger partial charge in [-0.3, -0.25) is 9.78 Å². The summed E-state index contributed by atoms with van der Waals surface area (Å²) in [5, 5.41) is 2.96. The predicted octanol–water partition coefficient (Wildman–Crippen LogP) is 4.95. The highest BCUT2D eigenvalue weighted by Crippen LogP contribution is 2.37. The summed E-state index contributed by atoms with van der Waals surface area (Å²) in [6.45, 7) is 1.89. The number of thiazole rings is 1. The number of carbonyl (C=O) groups is 1. The molecular weight excluding hydrogens is 403 g/mol. The highest BCUT2D eigenvalue weighted by molar-refractivity contribution is 7.22. The number of amides is 1. The first-order valence-corrected chi connectivity index (χ1v) is 8.30. The zero-order valence-corrected chi connectivity index (χ0v) is 16.0. The van der Waals surface area contributed by atoms with E-state index < -0.39 is 17.9 Å². The fraction of sp³-hybridized carbons (Fsp3) is 0.235. The van der Waals surface area contributed by atoms with E-state index in [0.717, 1.165) is 10.3 Å². The highest BCUT2D eigenvalue weighted by Gasteiger charge is 2.43. The Morgan fingerprint density at radius 3 is 2.69 bits per heavy atom. The minimum Gasteiger partial charge on any atom is -0.302 e. The highest BCUT2D eigenvalue weighted by atomic mass is 35.5. The minimum atomic E-state index is -1.06. The summed E-state index contributed by atoms with van der Waals surface area (Å²) >= 11 is 1.24. The first-order valence-electron chi connectivity index (χ1n) is 7.49. The number of nitrogens with zero attached hydrogens (tertiary/aromatic N) is 2. The molecule has 138 valence electrons. The largest absolute Gasteiger partial charge is 0.302 e. The van der Waals surface area contributed by atoms with Crippen molar-refractivity contribution < 1.29 is 13.6 Å². The normalized spacial score (nSPS) is 18.0. The number of rotatable bonds is 3. The second kappa shape index (κ2) is 7.82. The standard InChI is InChI=1S/C17H13F2N3OS.2ClH/c1-8-2-3-20-7-11(8)9-5-15-14(6-13(9)19)21-17(24-15)22-16(23)10-4-12(10)18;;/h2-3,5-7,10,12H,4H2,1H3,(H,21,22,23);2*1H/t10-,12+;;/m1../s1. The van der Waals surface area contributed by atoms with Crippen LogP contribution in [0.5, 0.6) is 0 Å². The van der Waals surface area contributed by atoms with Crippen molar-refractivity contribution in [3.63, 3.8) is 0 Å². The third-order valence-corrected chi connectivity index (χ3v) is 5.02. The van der Waals surface area contributed by atoms with Crippen molar-refractivity contribution in [2.75, 3.05) is 5.32 Å². The van der Waals surface area contributed by atoms with Crippen LogP contribution in [0.25, 0.3) is 21.3 Å². The molecule has 9 heteroatoms. The van der Waals surface area contributed by atoms with Crippen LogP contribution < -0.4 is 5.32 Å². The molecule has 0 bridgehead atoms. The van der Waals surface area contributed by atoms with Gasteiger partial charge in [0.25, 0.3) is 0 Å². The number of hydrogen-bond acceptors (Lipinski definition) is 4. The minimum absolute atomic E-state index is 0. The summed E-state index contributed by atoms with van der Waals surface area (Å²) in [6.07, 6.45) is 2.48. The van der Waals surface area contributed by atoms with Gasteiger partial charge in [-0.2, -0.15) is 0 Å². The number of halogens is 4. The maximum atomic E-state index is 14.4. The predicted molar refractivity (Wildman–Crippen MR) is 104 cm³/mol. The van der Waals surface area contributed by atoms with Crippen molar-refractivity contribution in [2.45, 2.75) is 19.5 Å². The molecule has 1 aliphatic rings. The molecule has 1 saturated carbocycles. The van der Waals surface area contributed by atoms with Gasteiger partial charge in [0.05, 0.1) is 16.1 Å². The van der Waals surface area contributed by atoms with E-state index in [2.05, 4.69) is 15.3 Å². The van der Waals surface area contributed by atoms with Gasteiger partial charge in [-0.25, -0.2) is 13.8 Å². The van der Waals surface area contributed by atoms with E-state index in [9.17, 15) is 13.6 Å². The number of aromatic nitrogens is 2. The number of carbonyl (C=O) groups excluding carboxylic acids is 1. The lowest BCUT2D eigenvalue weighted by molar-refractivity contribution is -0.117. The molecule has 0 radical (unpaired) electrons. The third kappa shape index (κ3) is 3.79. The molecule has 2 atom stereocenters. The summed E-state index contributed by atoms with van der Waals surface area (Å²) in [5.74, 6) is -1.35. The lowest BCUT2D eigenvalue weighted by Gasteiger charge is -2.06. The summed E-state index contributed by atoms with van der Waals surface area (Å²) in [5.41, 5.74) is 2.55. The van der Waals surface area contributed by atoms with Gasteiger partial charge in [0, 0.05) is 29.6 Å². The maximum absolute atomic E-state index is 14.4. The Balaban J connectivity index is 0.00000121. The van der Waals surface area contributed by atoms with Gasteiger partial charge in [-0.15, -0.1) is 24.8 Å². The Kier molecular flexibility index (Phi) is 6.16. The number of benzene rings is 1. The average Bonchev–Trinajstić information content (AvgIpc) is 3.15. The van der Waals surface area contributed by atoms with Crippen LogP contribution in [-0.4, -0.2) is 22.0 Å². The van der Waals surface area contributed by atoms with Gasteiger partial charge in [0.2, 0.25) is 5.91 Å². The molecule has 4 nitrogen and oxygen atoms in total. The topological polar surface area (TPSA) is 54.9 Å². The zero-order valence-electron chi connectivity index (χ0n) is 13.5. The molecule has 2 aromatic heterocycles. The Morgan fingerprint density at radius 2 is 2.04 bits per heavy atom. The van der Waals surface area contributed by atoms with E-state index in [-0.39, 0.29) is 37.1 Å². The smallest absolute Gasteiger partial charge is 0.232 e. The Bertz CT molecular complexity index is 966. The first kappa shape index (κ1) is 20.5. The summed E-state index contributed by atoms with van der Waals surface area (Å²) in [4.78, 5) is 20.1. The molecule has 1 aliphatic carbocycles. The van der Waals surface area contributed by atoms with Crippen LogP contribution in [0.15, 0.2) is 30.6 Å². The van der Waals surface area contributed by atoms with E-state index in [4.69, 9.17) is 0 Å². The van der Waals surface area contributed by atoms with Crippen LogP contribution in [0, 0.1) is 18.7 Å². The number of alkyl halides is 1. The lowest BCUT2D eigenvalue weighted by atomic mass is 10.0. The van der Waals surface area contributed by atoms with E-state index >= 15 is 0 Å². The van der Waals surface area contributed by atoms with E-state index in [0.29, 0.717) is 21.8 Å². The molecule has 2 heterocycles. The van der Waals surface area contributed by atoms with Crippen LogP contribution in [-0.2, 0) is 4.79 Å². The Hall–Kier alpha value is -1.83. The van der Waals surface area contributed by atoms with Crippen LogP contribution in [0.2, 0.25) is 0 Å². The molecule has 1 fully saturated rings. The number of anilines is 1. The zero-order chi connectivity index (χ0) is 16.8. The SMILES string of the molecule is Cc1ccncc1-c1cc2sc(NC(=O)[C@@H]3C[C@@H]3F)nc2cc1F.Cl.Cl. The molecule has 3 aromatic rings. The monoisotopic (exact) mass is 417 g/mol.